The molecule has 0 fully saturated rings. The Bertz CT molecular complexity index is 592. The van der Waals surface area contributed by atoms with Crippen LogP contribution in [0.15, 0.2) is 34.9 Å². The van der Waals surface area contributed by atoms with Crippen LogP contribution in [0, 0.1) is 0 Å². The molecule has 0 unspecified atom stereocenters. The molecular weight excluding hydrogens is 291 g/mol. The lowest BCUT2D eigenvalue weighted by Gasteiger charge is -2.07. The van der Waals surface area contributed by atoms with Crippen LogP contribution in [0.3, 0.4) is 0 Å². The summed E-state index contributed by atoms with van der Waals surface area (Å²) in [6.45, 7) is 0.0682. The molecule has 1 aromatic heterocycles. The number of methoxy groups -OCH3 is 1. The second-order valence-electron chi connectivity index (χ2n) is 3.61. The quantitative estimate of drug-likeness (QED) is 0.802. The molecule has 0 amide bonds. The van der Waals surface area contributed by atoms with Gasteiger partial charge in [0.25, 0.3) is 0 Å². The van der Waals surface area contributed by atoms with Gasteiger partial charge in [-0.15, -0.1) is 0 Å². The van der Waals surface area contributed by atoms with E-state index in [0.29, 0.717) is 27.1 Å². The zero-order chi connectivity index (χ0) is 13.8. The highest BCUT2D eigenvalue weighted by atomic mass is 35.5. The van der Waals surface area contributed by atoms with Gasteiger partial charge in [0.05, 0.1) is 18.4 Å². The zero-order valence-electron chi connectivity index (χ0n) is 9.98. The van der Waals surface area contributed by atoms with Crippen LogP contribution in [-0.4, -0.2) is 13.1 Å². The van der Waals surface area contributed by atoms with Crippen LogP contribution in [0.2, 0.25) is 10.0 Å². The van der Waals surface area contributed by atoms with E-state index in [2.05, 4.69) is 4.74 Å². The summed E-state index contributed by atoms with van der Waals surface area (Å²) in [5.74, 6) is 0.353. The van der Waals surface area contributed by atoms with E-state index in [-0.39, 0.29) is 6.61 Å². The van der Waals surface area contributed by atoms with Crippen molar-refractivity contribution in [2.24, 2.45) is 0 Å². The largest absolute Gasteiger partial charge is 0.484 e. The number of halogens is 2. The summed E-state index contributed by atoms with van der Waals surface area (Å²) in [4.78, 5) is 11.4. The lowest BCUT2D eigenvalue weighted by molar-refractivity contribution is 0.0595. The molecule has 0 radical (unpaired) electrons. The lowest BCUT2D eigenvalue weighted by Crippen LogP contribution is -2.05. The molecule has 0 aliphatic carbocycles. The van der Waals surface area contributed by atoms with Gasteiger partial charge in [-0.25, -0.2) is 4.79 Å². The molecule has 0 bridgehead atoms. The normalized spacial score (nSPS) is 10.3. The SMILES string of the molecule is COC(=O)c1ccoc1COc1ccc(Cl)cc1Cl. The topological polar surface area (TPSA) is 48.7 Å². The predicted molar refractivity (Wildman–Crippen MR) is 70.8 cm³/mol. The summed E-state index contributed by atoms with van der Waals surface area (Å²) in [7, 11) is 1.30. The van der Waals surface area contributed by atoms with Crippen molar-refractivity contribution in [1.29, 1.82) is 0 Å². The maximum absolute atomic E-state index is 11.4. The minimum atomic E-state index is -0.477. The number of ether oxygens (including phenoxy) is 2. The van der Waals surface area contributed by atoms with Gasteiger partial charge in [-0.1, -0.05) is 23.2 Å². The average Bonchev–Trinajstić information content (AvgIpc) is 2.85. The first-order valence-electron chi connectivity index (χ1n) is 5.34. The van der Waals surface area contributed by atoms with Crippen LogP contribution in [0.5, 0.6) is 5.75 Å². The van der Waals surface area contributed by atoms with Crippen LogP contribution < -0.4 is 4.74 Å². The molecule has 1 aromatic carbocycles. The number of benzene rings is 1. The number of carbonyl (C=O) groups is 1. The highest BCUT2D eigenvalue weighted by Crippen LogP contribution is 2.28. The molecule has 6 heteroatoms. The van der Waals surface area contributed by atoms with Crippen molar-refractivity contribution in [2.45, 2.75) is 6.61 Å². The van der Waals surface area contributed by atoms with E-state index in [1.54, 1.807) is 18.2 Å². The van der Waals surface area contributed by atoms with Crippen molar-refractivity contribution in [3.63, 3.8) is 0 Å². The summed E-state index contributed by atoms with van der Waals surface area (Å²) in [6, 6.07) is 6.40. The molecule has 0 saturated carbocycles. The van der Waals surface area contributed by atoms with Crippen molar-refractivity contribution in [3.8, 4) is 5.75 Å². The Balaban J connectivity index is 2.10. The average molecular weight is 301 g/mol. The molecule has 0 aliphatic heterocycles. The Morgan fingerprint density at radius 3 is 2.79 bits per heavy atom. The van der Waals surface area contributed by atoms with Gasteiger partial charge in [0.2, 0.25) is 0 Å². The third-order valence-corrected chi connectivity index (χ3v) is 2.93. The van der Waals surface area contributed by atoms with E-state index < -0.39 is 5.97 Å². The van der Waals surface area contributed by atoms with Crippen LogP contribution >= 0.6 is 23.2 Å². The molecule has 0 spiro atoms. The Morgan fingerprint density at radius 2 is 2.11 bits per heavy atom. The van der Waals surface area contributed by atoms with Crippen LogP contribution in [0.25, 0.3) is 0 Å². The molecule has 0 N–H and O–H groups in total. The Morgan fingerprint density at radius 1 is 1.32 bits per heavy atom. The fourth-order valence-electron chi connectivity index (χ4n) is 1.48. The number of hydrogen-bond donors (Lipinski definition) is 0. The summed E-state index contributed by atoms with van der Waals surface area (Å²) in [5.41, 5.74) is 0.326. The second-order valence-corrected chi connectivity index (χ2v) is 4.46. The monoisotopic (exact) mass is 300 g/mol. The first-order valence-corrected chi connectivity index (χ1v) is 6.10. The van der Waals surface area contributed by atoms with E-state index in [9.17, 15) is 4.79 Å². The van der Waals surface area contributed by atoms with Crippen LogP contribution in [0.4, 0.5) is 0 Å². The third kappa shape index (κ3) is 3.22. The standard InChI is InChI=1S/C13H10Cl2O4/c1-17-13(16)9-4-5-18-12(9)7-19-11-3-2-8(14)6-10(11)15/h2-6H,7H2,1H3. The van der Waals surface area contributed by atoms with Crippen molar-refractivity contribution in [1.82, 2.24) is 0 Å². The number of furan rings is 1. The number of esters is 1. The molecule has 4 nitrogen and oxygen atoms in total. The summed E-state index contributed by atoms with van der Waals surface area (Å²) in [6.07, 6.45) is 1.40. The van der Waals surface area contributed by atoms with Gasteiger partial charge in [-0.3, -0.25) is 0 Å². The van der Waals surface area contributed by atoms with Gasteiger partial charge in [-0.05, 0) is 24.3 Å². The van der Waals surface area contributed by atoms with Gasteiger partial charge >= 0.3 is 5.97 Å². The van der Waals surface area contributed by atoms with Crippen LogP contribution in [-0.2, 0) is 11.3 Å². The lowest BCUT2D eigenvalue weighted by atomic mass is 10.2. The molecule has 0 saturated heterocycles. The first-order chi connectivity index (χ1) is 9.11. The van der Waals surface area contributed by atoms with Gasteiger partial charge < -0.3 is 13.9 Å². The Hall–Kier alpha value is -1.65. The van der Waals surface area contributed by atoms with E-state index >= 15 is 0 Å². The molecule has 2 rings (SSSR count). The van der Waals surface area contributed by atoms with Crippen LogP contribution in [0.1, 0.15) is 16.1 Å². The number of hydrogen-bond acceptors (Lipinski definition) is 4. The molecule has 100 valence electrons. The van der Waals surface area contributed by atoms with Gasteiger partial charge in [0.15, 0.2) is 5.76 Å². The third-order valence-electron chi connectivity index (χ3n) is 2.40. The Labute approximate surface area is 119 Å². The molecule has 1 heterocycles. The molecule has 19 heavy (non-hydrogen) atoms. The fourth-order valence-corrected chi connectivity index (χ4v) is 1.94. The number of carbonyl (C=O) groups excluding carboxylic acids is 1. The summed E-state index contributed by atoms with van der Waals surface area (Å²) >= 11 is 11.8. The van der Waals surface area contributed by atoms with E-state index in [4.69, 9.17) is 32.4 Å². The van der Waals surface area contributed by atoms with Crippen molar-refractivity contribution in [3.05, 3.63) is 51.9 Å². The maximum Gasteiger partial charge on any atom is 0.341 e. The smallest absolute Gasteiger partial charge is 0.341 e. The second kappa shape index (κ2) is 5.99. The molecular formula is C13H10Cl2O4. The summed E-state index contributed by atoms with van der Waals surface area (Å²) < 4.78 is 15.3. The minimum absolute atomic E-state index is 0.0682. The van der Waals surface area contributed by atoms with Crippen molar-refractivity contribution in [2.75, 3.05) is 7.11 Å². The van der Waals surface area contributed by atoms with Crippen molar-refractivity contribution < 1.29 is 18.7 Å². The molecule has 2 aromatic rings. The van der Waals surface area contributed by atoms with E-state index in [1.165, 1.54) is 19.4 Å². The first kappa shape index (κ1) is 13.8. The fraction of sp³-hybridized carbons (Fsp3) is 0.154. The highest BCUT2D eigenvalue weighted by Gasteiger charge is 2.15. The van der Waals surface area contributed by atoms with Gasteiger partial charge in [0, 0.05) is 5.02 Å². The van der Waals surface area contributed by atoms with E-state index in [0.717, 1.165) is 0 Å². The maximum atomic E-state index is 11.4. The van der Waals surface area contributed by atoms with Gasteiger partial charge in [-0.2, -0.15) is 0 Å². The predicted octanol–water partition coefficient (Wildman–Crippen LogP) is 3.95. The zero-order valence-corrected chi connectivity index (χ0v) is 11.5. The highest BCUT2D eigenvalue weighted by molar-refractivity contribution is 6.35. The van der Waals surface area contributed by atoms with E-state index in [1.807, 2.05) is 0 Å². The Kier molecular flexibility index (Phi) is 4.35. The minimum Gasteiger partial charge on any atom is -0.484 e. The number of rotatable bonds is 4. The van der Waals surface area contributed by atoms with Gasteiger partial charge in [0.1, 0.15) is 17.9 Å². The summed E-state index contributed by atoms with van der Waals surface area (Å²) in [5, 5.41) is 0.907. The van der Waals surface area contributed by atoms with Crippen molar-refractivity contribution >= 4 is 29.2 Å². The molecule has 0 atom stereocenters. The molecule has 0 aliphatic rings.